The van der Waals surface area contributed by atoms with Gasteiger partial charge < -0.3 is 19.2 Å². The van der Waals surface area contributed by atoms with Gasteiger partial charge in [0.2, 0.25) is 0 Å². The summed E-state index contributed by atoms with van der Waals surface area (Å²) in [6.07, 6.45) is 1.45. The summed E-state index contributed by atoms with van der Waals surface area (Å²) in [5.41, 5.74) is 1.32. The van der Waals surface area contributed by atoms with Gasteiger partial charge in [-0.15, -0.1) is 0 Å². The Bertz CT molecular complexity index is 609. The predicted molar refractivity (Wildman–Crippen MR) is 77.1 cm³/mol. The lowest BCUT2D eigenvalue weighted by molar-refractivity contribution is 0.0949. The number of amides is 1. The van der Waals surface area contributed by atoms with Gasteiger partial charge in [-0.2, -0.15) is 0 Å². The minimum Gasteiger partial charge on any atom is -0.497 e. The minimum absolute atomic E-state index is 0.219. The number of furan rings is 1. The molecule has 6 heteroatoms. The lowest BCUT2D eigenvalue weighted by atomic mass is 10.2. The van der Waals surface area contributed by atoms with E-state index in [2.05, 4.69) is 21.2 Å². The Kier molecular flexibility index (Phi) is 4.68. The zero-order valence-electron chi connectivity index (χ0n) is 11.1. The van der Waals surface area contributed by atoms with E-state index in [9.17, 15) is 4.79 Å². The standard InChI is InChI=1S/C14H14BrNO4/c1-18-10-4-3-9(12(7-10)19-2)8-16-14(17)11-5-6-20-13(11)15/h3-7H,8H2,1-2H3,(H,16,17). The van der Waals surface area contributed by atoms with Gasteiger partial charge in [0, 0.05) is 18.2 Å². The van der Waals surface area contributed by atoms with Crippen LogP contribution >= 0.6 is 15.9 Å². The first-order valence-corrected chi connectivity index (χ1v) is 6.67. The highest BCUT2D eigenvalue weighted by atomic mass is 79.9. The molecule has 0 aliphatic carbocycles. The lowest BCUT2D eigenvalue weighted by Crippen LogP contribution is -2.22. The van der Waals surface area contributed by atoms with Crippen molar-refractivity contribution in [2.45, 2.75) is 6.54 Å². The molecule has 2 rings (SSSR count). The Morgan fingerprint density at radius 3 is 2.70 bits per heavy atom. The van der Waals surface area contributed by atoms with Crippen molar-refractivity contribution in [2.24, 2.45) is 0 Å². The van der Waals surface area contributed by atoms with Gasteiger partial charge in [-0.1, -0.05) is 0 Å². The van der Waals surface area contributed by atoms with Crippen LogP contribution in [0.2, 0.25) is 0 Å². The number of benzene rings is 1. The van der Waals surface area contributed by atoms with Gasteiger partial charge in [0.05, 0.1) is 26.0 Å². The van der Waals surface area contributed by atoms with Crippen LogP contribution in [0.3, 0.4) is 0 Å². The second-order valence-corrected chi connectivity index (χ2v) is 4.69. The second-order valence-electron chi connectivity index (χ2n) is 3.97. The molecule has 0 bridgehead atoms. The molecule has 1 N–H and O–H groups in total. The SMILES string of the molecule is COc1ccc(CNC(=O)c2ccoc2Br)c(OC)c1. The van der Waals surface area contributed by atoms with Crippen molar-refractivity contribution in [3.05, 3.63) is 46.3 Å². The molecule has 1 amide bonds. The largest absolute Gasteiger partial charge is 0.497 e. The highest BCUT2D eigenvalue weighted by Gasteiger charge is 2.13. The maximum absolute atomic E-state index is 12.0. The number of carbonyl (C=O) groups excluding carboxylic acids is 1. The van der Waals surface area contributed by atoms with Crippen molar-refractivity contribution in [1.82, 2.24) is 5.32 Å². The number of nitrogens with one attached hydrogen (secondary N) is 1. The van der Waals surface area contributed by atoms with Crippen molar-refractivity contribution in [1.29, 1.82) is 0 Å². The number of halogens is 1. The third kappa shape index (κ3) is 3.14. The van der Waals surface area contributed by atoms with E-state index in [1.165, 1.54) is 6.26 Å². The van der Waals surface area contributed by atoms with Crippen LogP contribution in [-0.2, 0) is 6.54 Å². The summed E-state index contributed by atoms with van der Waals surface area (Å²) in [7, 11) is 3.17. The Balaban J connectivity index is 2.07. The summed E-state index contributed by atoms with van der Waals surface area (Å²) in [6.45, 7) is 0.351. The van der Waals surface area contributed by atoms with E-state index in [0.717, 1.165) is 5.56 Å². The summed E-state index contributed by atoms with van der Waals surface area (Å²) in [6, 6.07) is 7.04. The predicted octanol–water partition coefficient (Wildman–Crippen LogP) is 2.99. The summed E-state index contributed by atoms with van der Waals surface area (Å²) >= 11 is 3.17. The van der Waals surface area contributed by atoms with Crippen LogP contribution < -0.4 is 14.8 Å². The summed E-state index contributed by atoms with van der Waals surface area (Å²) in [4.78, 5) is 12.0. The van der Waals surface area contributed by atoms with Gasteiger partial charge in [-0.05, 0) is 34.1 Å². The molecular weight excluding hydrogens is 326 g/mol. The molecule has 0 unspecified atom stereocenters. The number of methoxy groups -OCH3 is 2. The number of carbonyl (C=O) groups is 1. The highest BCUT2D eigenvalue weighted by Crippen LogP contribution is 2.24. The van der Waals surface area contributed by atoms with Crippen molar-refractivity contribution < 1.29 is 18.7 Å². The Morgan fingerprint density at radius 1 is 1.30 bits per heavy atom. The Hall–Kier alpha value is -1.95. The molecule has 0 radical (unpaired) electrons. The third-order valence-corrected chi connectivity index (χ3v) is 3.41. The fourth-order valence-corrected chi connectivity index (χ4v) is 2.14. The third-order valence-electron chi connectivity index (χ3n) is 2.80. The number of ether oxygens (including phenoxy) is 2. The molecule has 1 aromatic heterocycles. The molecule has 1 heterocycles. The maximum Gasteiger partial charge on any atom is 0.256 e. The highest BCUT2D eigenvalue weighted by molar-refractivity contribution is 9.10. The molecule has 0 spiro atoms. The van der Waals surface area contributed by atoms with Gasteiger partial charge >= 0.3 is 0 Å². The number of hydrogen-bond donors (Lipinski definition) is 1. The average Bonchev–Trinajstić information content (AvgIpc) is 2.90. The van der Waals surface area contributed by atoms with Gasteiger partial charge in [-0.25, -0.2) is 0 Å². The fourth-order valence-electron chi connectivity index (χ4n) is 1.72. The molecule has 5 nitrogen and oxygen atoms in total. The average molecular weight is 340 g/mol. The van der Waals surface area contributed by atoms with E-state index >= 15 is 0 Å². The topological polar surface area (TPSA) is 60.7 Å². The van der Waals surface area contributed by atoms with Crippen LogP contribution in [0.1, 0.15) is 15.9 Å². The molecule has 106 valence electrons. The summed E-state index contributed by atoms with van der Waals surface area (Å²) in [5.74, 6) is 1.15. The van der Waals surface area contributed by atoms with Crippen LogP contribution in [0.25, 0.3) is 0 Å². The molecule has 0 fully saturated rings. The van der Waals surface area contributed by atoms with E-state index in [0.29, 0.717) is 28.3 Å². The molecule has 0 atom stereocenters. The second kappa shape index (κ2) is 6.47. The first-order chi connectivity index (χ1) is 9.65. The van der Waals surface area contributed by atoms with Crippen LogP contribution in [-0.4, -0.2) is 20.1 Å². The lowest BCUT2D eigenvalue weighted by Gasteiger charge is -2.11. The first kappa shape index (κ1) is 14.5. The molecule has 0 aliphatic heterocycles. The smallest absolute Gasteiger partial charge is 0.256 e. The summed E-state index contributed by atoms with van der Waals surface area (Å²) in [5, 5.41) is 2.80. The monoisotopic (exact) mass is 339 g/mol. The van der Waals surface area contributed by atoms with E-state index in [1.54, 1.807) is 26.4 Å². The minimum atomic E-state index is -0.219. The fraction of sp³-hybridized carbons (Fsp3) is 0.214. The Morgan fingerprint density at radius 2 is 2.10 bits per heavy atom. The van der Waals surface area contributed by atoms with E-state index in [1.807, 2.05) is 12.1 Å². The molecule has 0 saturated carbocycles. The van der Waals surface area contributed by atoms with Crippen molar-refractivity contribution >= 4 is 21.8 Å². The van der Waals surface area contributed by atoms with Crippen molar-refractivity contribution in [2.75, 3.05) is 14.2 Å². The van der Waals surface area contributed by atoms with Crippen molar-refractivity contribution in [3.8, 4) is 11.5 Å². The van der Waals surface area contributed by atoms with Crippen LogP contribution in [0, 0.1) is 0 Å². The van der Waals surface area contributed by atoms with Gasteiger partial charge in [0.25, 0.3) is 5.91 Å². The van der Waals surface area contributed by atoms with Crippen molar-refractivity contribution in [3.63, 3.8) is 0 Å². The molecule has 1 aromatic carbocycles. The van der Waals surface area contributed by atoms with Crippen LogP contribution in [0.4, 0.5) is 0 Å². The molecule has 20 heavy (non-hydrogen) atoms. The molecule has 0 saturated heterocycles. The molecule has 2 aromatic rings. The molecular formula is C14H14BrNO4. The molecule has 0 aliphatic rings. The van der Waals surface area contributed by atoms with Crippen LogP contribution in [0.15, 0.2) is 39.6 Å². The zero-order chi connectivity index (χ0) is 14.5. The quantitative estimate of drug-likeness (QED) is 0.909. The van der Waals surface area contributed by atoms with Gasteiger partial charge in [-0.3, -0.25) is 4.79 Å². The number of rotatable bonds is 5. The van der Waals surface area contributed by atoms with E-state index in [4.69, 9.17) is 13.9 Å². The first-order valence-electron chi connectivity index (χ1n) is 5.87. The van der Waals surface area contributed by atoms with Crippen LogP contribution in [0.5, 0.6) is 11.5 Å². The number of hydrogen-bond acceptors (Lipinski definition) is 4. The maximum atomic E-state index is 12.0. The normalized spacial score (nSPS) is 10.2. The van der Waals surface area contributed by atoms with E-state index in [-0.39, 0.29) is 5.91 Å². The summed E-state index contributed by atoms with van der Waals surface area (Å²) < 4.78 is 15.8. The van der Waals surface area contributed by atoms with Gasteiger partial charge in [0.15, 0.2) is 4.67 Å². The van der Waals surface area contributed by atoms with E-state index < -0.39 is 0 Å². The Labute approximate surface area is 125 Å². The zero-order valence-corrected chi connectivity index (χ0v) is 12.7. The van der Waals surface area contributed by atoms with Gasteiger partial charge in [0.1, 0.15) is 11.5 Å².